The Hall–Kier alpha value is -0.590. The van der Waals surface area contributed by atoms with Crippen LogP contribution in [0.15, 0.2) is 12.2 Å². The van der Waals surface area contributed by atoms with Gasteiger partial charge in [0.05, 0.1) is 0 Å². The van der Waals surface area contributed by atoms with Gasteiger partial charge in [-0.2, -0.15) is 0 Å². The van der Waals surface area contributed by atoms with Crippen LogP contribution in [0.1, 0.15) is 6.92 Å². The van der Waals surface area contributed by atoms with Crippen molar-refractivity contribution in [2.24, 2.45) is 0 Å². The summed E-state index contributed by atoms with van der Waals surface area (Å²) in [5.41, 5.74) is 1.36. The van der Waals surface area contributed by atoms with Crippen LogP contribution in [0, 0.1) is 0 Å². The fourth-order valence-electron chi connectivity index (χ4n) is 0.653. The van der Waals surface area contributed by atoms with Crippen molar-refractivity contribution in [3.63, 3.8) is 0 Å². The Bertz CT molecular complexity index is 131. The highest BCUT2D eigenvalue weighted by Crippen LogP contribution is 1.88. The minimum Gasteiger partial charge on any atom is -0.233 e. The third kappa shape index (κ3) is 0.710. The predicted octanol–water partition coefficient (Wildman–Crippen LogP) is 0.659. The average molecular weight is 96.2 g/mol. The van der Waals surface area contributed by atoms with Crippen molar-refractivity contribution in [1.29, 1.82) is 0 Å². The molecule has 7 heavy (non-hydrogen) atoms. The molecular weight excluding hydrogens is 86.1 g/mol. The number of hydrogen-bond donors (Lipinski definition) is 0. The Morgan fingerprint density at radius 2 is 2.43 bits per heavy atom. The lowest BCUT2D eigenvalue weighted by Gasteiger charge is -1.83. The highest BCUT2D eigenvalue weighted by Gasteiger charge is 2.03. The van der Waals surface area contributed by atoms with Gasteiger partial charge in [-0.15, -0.1) is 0 Å². The van der Waals surface area contributed by atoms with Crippen LogP contribution in [0.4, 0.5) is 0 Å². The number of likely N-dealkylation sites (N-methyl/N-ethyl adjacent to an activating group) is 1. The van der Waals surface area contributed by atoms with Crippen LogP contribution in [-0.2, 0) is 0 Å². The molecule has 0 aromatic carbocycles. The van der Waals surface area contributed by atoms with Gasteiger partial charge in [-0.25, -0.2) is 4.58 Å². The number of nitrogens with zero attached hydrogens (tertiary/aromatic N) is 1. The summed E-state index contributed by atoms with van der Waals surface area (Å²) in [4.78, 5) is 0. The molecule has 0 N–H and O–H groups in total. The van der Waals surface area contributed by atoms with E-state index in [0.717, 1.165) is 6.54 Å². The van der Waals surface area contributed by atoms with Gasteiger partial charge in [0.25, 0.3) is 0 Å². The molecule has 0 unspecified atom stereocenters. The predicted molar refractivity (Wildman–Crippen MR) is 30.9 cm³/mol. The van der Waals surface area contributed by atoms with Crippen molar-refractivity contribution in [1.82, 2.24) is 0 Å². The summed E-state index contributed by atoms with van der Waals surface area (Å²) in [6.07, 6.45) is 4.30. The molecule has 0 saturated carbocycles. The topological polar surface area (TPSA) is 3.01 Å². The first-order valence-corrected chi connectivity index (χ1v) is 2.52. The molecule has 0 aromatic rings. The van der Waals surface area contributed by atoms with Crippen LogP contribution in [0.25, 0.3) is 0 Å². The second-order valence-corrected chi connectivity index (χ2v) is 1.92. The molecule has 0 aliphatic carbocycles. The number of allylic oxidation sites excluding steroid dienone is 1. The van der Waals surface area contributed by atoms with Crippen molar-refractivity contribution in [2.45, 2.75) is 6.92 Å². The molecule has 0 saturated heterocycles. The van der Waals surface area contributed by atoms with Gasteiger partial charge in [0.2, 0.25) is 0 Å². The van der Waals surface area contributed by atoms with Crippen molar-refractivity contribution < 1.29 is 4.58 Å². The largest absolute Gasteiger partial charge is 0.233 e. The Morgan fingerprint density at radius 3 is 2.57 bits per heavy atom. The summed E-state index contributed by atoms with van der Waals surface area (Å²) < 4.78 is 2.21. The van der Waals surface area contributed by atoms with Crippen LogP contribution in [-0.4, -0.2) is 23.9 Å². The monoisotopic (exact) mass is 96.1 g/mol. The van der Waals surface area contributed by atoms with Gasteiger partial charge >= 0.3 is 0 Å². The zero-order valence-corrected chi connectivity index (χ0v) is 4.81. The first-order valence-electron chi connectivity index (χ1n) is 2.52. The van der Waals surface area contributed by atoms with Gasteiger partial charge in [-0.3, -0.25) is 0 Å². The minimum absolute atomic E-state index is 1.09. The van der Waals surface area contributed by atoms with Crippen molar-refractivity contribution >= 4 is 5.71 Å². The second-order valence-electron chi connectivity index (χ2n) is 1.92. The fourth-order valence-corrected chi connectivity index (χ4v) is 0.653. The number of hydrogen-bond acceptors (Lipinski definition) is 0. The molecule has 1 heteroatoms. The van der Waals surface area contributed by atoms with Gasteiger partial charge in [0.1, 0.15) is 7.05 Å². The average Bonchev–Trinajstić information content (AvgIpc) is 1.91. The molecule has 1 aliphatic heterocycles. The lowest BCUT2D eigenvalue weighted by molar-refractivity contribution is -0.482. The van der Waals surface area contributed by atoms with E-state index in [1.807, 2.05) is 0 Å². The Balaban J connectivity index is 2.79. The smallest absolute Gasteiger partial charge is 0.172 e. The molecule has 0 bridgehead atoms. The zero-order valence-electron chi connectivity index (χ0n) is 4.81. The van der Waals surface area contributed by atoms with E-state index in [1.165, 1.54) is 5.71 Å². The summed E-state index contributed by atoms with van der Waals surface area (Å²) in [6, 6.07) is 0. The molecule has 0 spiro atoms. The highest BCUT2D eigenvalue weighted by atomic mass is 15.0. The molecule has 38 valence electrons. The van der Waals surface area contributed by atoms with Crippen molar-refractivity contribution in [3.8, 4) is 0 Å². The van der Waals surface area contributed by atoms with Crippen LogP contribution in [0.3, 0.4) is 0 Å². The summed E-state index contributed by atoms with van der Waals surface area (Å²) >= 11 is 0. The van der Waals surface area contributed by atoms with Gasteiger partial charge in [0, 0.05) is 13.0 Å². The second kappa shape index (κ2) is 1.49. The molecule has 1 heterocycles. The lowest BCUT2D eigenvalue weighted by atomic mass is 10.4. The van der Waals surface area contributed by atoms with Crippen molar-refractivity contribution in [3.05, 3.63) is 12.2 Å². The standard InChI is InChI=1S/C6H10N/c1-6-4-3-5-7(6)2/h3-4H,5H2,1-2H3/q+1. The maximum absolute atomic E-state index is 2.21. The first kappa shape index (κ1) is 4.57. The van der Waals surface area contributed by atoms with E-state index in [-0.39, 0.29) is 0 Å². The maximum atomic E-state index is 2.21. The fraction of sp³-hybridized carbons (Fsp3) is 0.500. The van der Waals surface area contributed by atoms with E-state index < -0.39 is 0 Å². The molecular formula is C6H10N+. The molecule has 1 rings (SSSR count). The molecule has 1 aliphatic rings. The van der Waals surface area contributed by atoms with E-state index in [0.29, 0.717) is 0 Å². The third-order valence-electron chi connectivity index (χ3n) is 1.34. The summed E-state index contributed by atoms with van der Waals surface area (Å²) in [7, 11) is 2.09. The zero-order chi connectivity index (χ0) is 5.28. The maximum Gasteiger partial charge on any atom is 0.172 e. The van der Waals surface area contributed by atoms with Crippen LogP contribution < -0.4 is 0 Å². The molecule has 0 aromatic heterocycles. The SMILES string of the molecule is CC1=[N+](C)CC=C1. The quantitative estimate of drug-likeness (QED) is 0.390. The van der Waals surface area contributed by atoms with E-state index >= 15 is 0 Å². The Morgan fingerprint density at radius 1 is 1.71 bits per heavy atom. The van der Waals surface area contributed by atoms with Crippen molar-refractivity contribution in [2.75, 3.05) is 13.6 Å². The Labute approximate surface area is 44.0 Å². The van der Waals surface area contributed by atoms with Crippen LogP contribution >= 0.6 is 0 Å². The van der Waals surface area contributed by atoms with Crippen LogP contribution in [0.5, 0.6) is 0 Å². The first-order chi connectivity index (χ1) is 3.30. The molecule has 0 amide bonds. The van der Waals surface area contributed by atoms with E-state index in [1.54, 1.807) is 0 Å². The molecule has 0 atom stereocenters. The van der Waals surface area contributed by atoms with Gasteiger partial charge < -0.3 is 0 Å². The normalized spacial score (nSPS) is 19.1. The summed E-state index contributed by atoms with van der Waals surface area (Å²) in [6.45, 7) is 3.20. The molecule has 0 radical (unpaired) electrons. The van der Waals surface area contributed by atoms with E-state index in [9.17, 15) is 0 Å². The number of rotatable bonds is 0. The molecule has 1 nitrogen and oxygen atoms in total. The summed E-state index contributed by atoms with van der Waals surface area (Å²) in [5.74, 6) is 0. The van der Waals surface area contributed by atoms with Gasteiger partial charge in [-0.1, -0.05) is 0 Å². The Kier molecular flexibility index (Phi) is 0.970. The van der Waals surface area contributed by atoms with E-state index in [2.05, 4.69) is 30.7 Å². The van der Waals surface area contributed by atoms with Crippen LogP contribution in [0.2, 0.25) is 0 Å². The van der Waals surface area contributed by atoms with E-state index in [4.69, 9.17) is 0 Å². The summed E-state index contributed by atoms with van der Waals surface area (Å²) in [5, 5.41) is 0. The van der Waals surface area contributed by atoms with Gasteiger partial charge in [0.15, 0.2) is 12.3 Å². The third-order valence-corrected chi connectivity index (χ3v) is 1.34. The lowest BCUT2D eigenvalue weighted by Crippen LogP contribution is -2.05. The van der Waals surface area contributed by atoms with Gasteiger partial charge in [-0.05, 0) is 6.08 Å². The highest BCUT2D eigenvalue weighted by molar-refractivity contribution is 5.89. The minimum atomic E-state index is 1.09. The molecule has 0 fully saturated rings.